The molecular formula is C24H20N4O2. The van der Waals surface area contributed by atoms with Gasteiger partial charge in [-0.2, -0.15) is 0 Å². The molecule has 0 bridgehead atoms. The largest absolute Gasteiger partial charge is 0.334 e. The highest BCUT2D eigenvalue weighted by atomic mass is 16.2. The van der Waals surface area contributed by atoms with Gasteiger partial charge in [-0.3, -0.25) is 9.59 Å². The molecule has 2 aromatic carbocycles. The van der Waals surface area contributed by atoms with Gasteiger partial charge in [0.15, 0.2) is 0 Å². The van der Waals surface area contributed by atoms with Crippen LogP contribution in [0.25, 0.3) is 21.8 Å². The number of piperazine rings is 1. The van der Waals surface area contributed by atoms with Crippen LogP contribution in [0.4, 0.5) is 0 Å². The summed E-state index contributed by atoms with van der Waals surface area (Å²) in [5, 5.41) is 2.01. The number of rotatable bonds is 2. The van der Waals surface area contributed by atoms with Gasteiger partial charge in [-0.15, -0.1) is 0 Å². The van der Waals surface area contributed by atoms with Crippen molar-refractivity contribution in [2.24, 2.45) is 0 Å². The fourth-order valence-corrected chi connectivity index (χ4v) is 3.81. The van der Waals surface area contributed by atoms with Crippen LogP contribution >= 0.6 is 0 Å². The number of hydrogen-bond donors (Lipinski definition) is 0. The molecule has 1 saturated heterocycles. The van der Waals surface area contributed by atoms with Crippen molar-refractivity contribution in [1.82, 2.24) is 19.8 Å². The SMILES string of the molecule is O=C(c1ccc2ccccc2n1)N1CCN(C(=O)c2ccc3ccccc3n2)CC1. The minimum absolute atomic E-state index is 0.100. The predicted molar refractivity (Wildman–Crippen MR) is 115 cm³/mol. The number of benzene rings is 2. The number of aromatic nitrogens is 2. The second kappa shape index (κ2) is 7.55. The first-order valence-electron chi connectivity index (χ1n) is 9.99. The minimum Gasteiger partial charge on any atom is -0.334 e. The molecule has 5 rings (SSSR count). The van der Waals surface area contributed by atoms with E-state index in [1.54, 1.807) is 21.9 Å². The summed E-state index contributed by atoms with van der Waals surface area (Å²) in [6, 6.07) is 22.8. The normalized spacial score (nSPS) is 14.3. The number of amides is 2. The van der Waals surface area contributed by atoms with E-state index in [4.69, 9.17) is 0 Å². The van der Waals surface area contributed by atoms with E-state index in [2.05, 4.69) is 9.97 Å². The lowest BCUT2D eigenvalue weighted by Gasteiger charge is -2.34. The third-order valence-corrected chi connectivity index (χ3v) is 5.49. The zero-order valence-corrected chi connectivity index (χ0v) is 16.4. The van der Waals surface area contributed by atoms with Crippen LogP contribution < -0.4 is 0 Å². The maximum Gasteiger partial charge on any atom is 0.272 e. The Bertz CT molecular complexity index is 1160. The summed E-state index contributed by atoms with van der Waals surface area (Å²) >= 11 is 0. The zero-order chi connectivity index (χ0) is 20.5. The van der Waals surface area contributed by atoms with Gasteiger partial charge in [0, 0.05) is 37.0 Å². The van der Waals surface area contributed by atoms with Gasteiger partial charge in [0.05, 0.1) is 11.0 Å². The molecule has 3 heterocycles. The monoisotopic (exact) mass is 396 g/mol. The van der Waals surface area contributed by atoms with E-state index in [9.17, 15) is 9.59 Å². The molecule has 1 aliphatic heterocycles. The summed E-state index contributed by atoms with van der Waals surface area (Å²) in [5.41, 5.74) is 2.48. The third kappa shape index (κ3) is 3.37. The number of fused-ring (bicyclic) bond motifs is 2. The quantitative estimate of drug-likeness (QED) is 0.521. The fraction of sp³-hybridized carbons (Fsp3) is 0.167. The molecule has 148 valence electrons. The first-order chi connectivity index (χ1) is 14.7. The van der Waals surface area contributed by atoms with Gasteiger partial charge in [0.25, 0.3) is 11.8 Å². The molecule has 2 amide bonds. The van der Waals surface area contributed by atoms with Gasteiger partial charge in [-0.05, 0) is 24.3 Å². The van der Waals surface area contributed by atoms with Crippen molar-refractivity contribution >= 4 is 33.6 Å². The Hall–Kier alpha value is -3.80. The van der Waals surface area contributed by atoms with E-state index in [0.29, 0.717) is 37.6 Å². The first kappa shape index (κ1) is 18.2. The molecule has 0 unspecified atom stereocenters. The predicted octanol–water partition coefficient (Wildman–Crippen LogP) is 3.38. The molecule has 0 radical (unpaired) electrons. The Kier molecular flexibility index (Phi) is 4.59. The molecule has 1 aliphatic rings. The molecule has 0 atom stereocenters. The van der Waals surface area contributed by atoms with Crippen LogP contribution in [0.15, 0.2) is 72.8 Å². The molecule has 0 spiro atoms. The average molecular weight is 396 g/mol. The van der Waals surface area contributed by atoms with E-state index < -0.39 is 0 Å². The average Bonchev–Trinajstić information content (AvgIpc) is 2.82. The van der Waals surface area contributed by atoms with E-state index >= 15 is 0 Å². The third-order valence-electron chi connectivity index (χ3n) is 5.49. The number of pyridine rings is 2. The van der Waals surface area contributed by atoms with E-state index in [1.807, 2.05) is 60.7 Å². The summed E-state index contributed by atoms with van der Waals surface area (Å²) in [4.78, 5) is 38.3. The molecule has 0 aliphatic carbocycles. The van der Waals surface area contributed by atoms with Gasteiger partial charge in [0.1, 0.15) is 11.4 Å². The van der Waals surface area contributed by atoms with E-state index in [-0.39, 0.29) is 11.8 Å². The second-order valence-corrected chi connectivity index (χ2v) is 7.36. The minimum atomic E-state index is -0.100. The van der Waals surface area contributed by atoms with Crippen LogP contribution in [0, 0.1) is 0 Å². The number of carbonyl (C=O) groups is 2. The molecule has 0 saturated carbocycles. The van der Waals surface area contributed by atoms with E-state index in [0.717, 1.165) is 21.8 Å². The number of carbonyl (C=O) groups excluding carboxylic acids is 2. The van der Waals surface area contributed by atoms with Crippen molar-refractivity contribution in [3.63, 3.8) is 0 Å². The molecule has 30 heavy (non-hydrogen) atoms. The van der Waals surface area contributed by atoms with Crippen molar-refractivity contribution < 1.29 is 9.59 Å². The Morgan fingerprint density at radius 2 is 0.967 bits per heavy atom. The highest BCUT2D eigenvalue weighted by molar-refractivity contribution is 5.96. The number of nitrogens with zero attached hydrogens (tertiary/aromatic N) is 4. The second-order valence-electron chi connectivity index (χ2n) is 7.36. The van der Waals surface area contributed by atoms with Crippen LogP contribution in [0.5, 0.6) is 0 Å². The van der Waals surface area contributed by atoms with Crippen molar-refractivity contribution in [1.29, 1.82) is 0 Å². The van der Waals surface area contributed by atoms with Crippen LogP contribution in [-0.4, -0.2) is 57.8 Å². The Morgan fingerprint density at radius 3 is 1.40 bits per heavy atom. The standard InChI is InChI=1S/C24H20N4O2/c29-23(21-11-9-17-5-1-3-7-19(17)25-21)27-13-15-28(16-14-27)24(30)22-12-10-18-6-2-4-8-20(18)26-22/h1-12H,13-16H2. The smallest absolute Gasteiger partial charge is 0.272 e. The summed E-state index contributed by atoms with van der Waals surface area (Å²) in [6.07, 6.45) is 0. The molecule has 6 nitrogen and oxygen atoms in total. The molecule has 0 N–H and O–H groups in total. The summed E-state index contributed by atoms with van der Waals surface area (Å²) in [7, 11) is 0. The molecule has 6 heteroatoms. The lowest BCUT2D eigenvalue weighted by molar-refractivity contribution is 0.0529. The van der Waals surface area contributed by atoms with Crippen LogP contribution in [0.3, 0.4) is 0 Å². The Labute approximate surface area is 173 Å². The van der Waals surface area contributed by atoms with Crippen molar-refractivity contribution in [3.05, 3.63) is 84.2 Å². The van der Waals surface area contributed by atoms with Crippen molar-refractivity contribution in [2.75, 3.05) is 26.2 Å². The maximum absolute atomic E-state index is 12.9. The molecule has 2 aromatic heterocycles. The van der Waals surface area contributed by atoms with Gasteiger partial charge in [-0.25, -0.2) is 9.97 Å². The van der Waals surface area contributed by atoms with Crippen LogP contribution in [0.2, 0.25) is 0 Å². The first-order valence-corrected chi connectivity index (χ1v) is 9.99. The fourth-order valence-electron chi connectivity index (χ4n) is 3.81. The van der Waals surface area contributed by atoms with Crippen LogP contribution in [0.1, 0.15) is 21.0 Å². The van der Waals surface area contributed by atoms with Gasteiger partial charge < -0.3 is 9.80 Å². The Morgan fingerprint density at radius 1 is 0.567 bits per heavy atom. The maximum atomic E-state index is 12.9. The summed E-state index contributed by atoms with van der Waals surface area (Å²) in [5.74, 6) is -0.201. The van der Waals surface area contributed by atoms with Crippen molar-refractivity contribution in [2.45, 2.75) is 0 Å². The molecule has 4 aromatic rings. The zero-order valence-electron chi connectivity index (χ0n) is 16.4. The lowest BCUT2D eigenvalue weighted by atomic mass is 10.1. The topological polar surface area (TPSA) is 66.4 Å². The van der Waals surface area contributed by atoms with Gasteiger partial charge in [-0.1, -0.05) is 48.5 Å². The van der Waals surface area contributed by atoms with E-state index in [1.165, 1.54) is 0 Å². The number of hydrogen-bond acceptors (Lipinski definition) is 4. The number of para-hydroxylation sites is 2. The highest BCUT2D eigenvalue weighted by Gasteiger charge is 2.26. The van der Waals surface area contributed by atoms with Gasteiger partial charge in [0.2, 0.25) is 0 Å². The van der Waals surface area contributed by atoms with Crippen LogP contribution in [-0.2, 0) is 0 Å². The summed E-state index contributed by atoms with van der Waals surface area (Å²) < 4.78 is 0. The highest BCUT2D eigenvalue weighted by Crippen LogP contribution is 2.16. The van der Waals surface area contributed by atoms with Crippen molar-refractivity contribution in [3.8, 4) is 0 Å². The molecular weight excluding hydrogens is 376 g/mol. The summed E-state index contributed by atoms with van der Waals surface area (Å²) in [6.45, 7) is 1.92. The molecule has 1 fully saturated rings. The Balaban J connectivity index is 1.27. The lowest BCUT2D eigenvalue weighted by Crippen LogP contribution is -2.50. The van der Waals surface area contributed by atoms with Gasteiger partial charge >= 0.3 is 0 Å².